The topological polar surface area (TPSA) is 64.3 Å². The van der Waals surface area contributed by atoms with Crippen molar-refractivity contribution in [3.63, 3.8) is 0 Å². The van der Waals surface area contributed by atoms with Crippen molar-refractivity contribution in [1.29, 1.82) is 0 Å². The number of rotatable bonds is 5. The normalized spacial score (nSPS) is 11.7. The average Bonchev–Trinajstić information content (AvgIpc) is 2.53. The third-order valence-corrected chi connectivity index (χ3v) is 3.43. The molecule has 2 aromatic rings. The predicted octanol–water partition coefficient (Wildman–Crippen LogP) is 2.81. The summed E-state index contributed by atoms with van der Waals surface area (Å²) in [5.74, 6) is 0.640. The van der Waals surface area contributed by atoms with Crippen molar-refractivity contribution in [3.05, 3.63) is 59.7 Å². The highest BCUT2D eigenvalue weighted by molar-refractivity contribution is 5.95. The summed E-state index contributed by atoms with van der Waals surface area (Å²) in [6.45, 7) is 2.66. The highest BCUT2D eigenvalue weighted by atomic mass is 16.5. The molecule has 1 atom stereocenters. The summed E-state index contributed by atoms with van der Waals surface area (Å²) in [5, 5.41) is 2.93. The monoisotopic (exact) mass is 284 g/mol. The van der Waals surface area contributed by atoms with Gasteiger partial charge in [-0.3, -0.25) is 4.79 Å². The van der Waals surface area contributed by atoms with Crippen LogP contribution in [-0.4, -0.2) is 19.6 Å². The van der Waals surface area contributed by atoms with Crippen LogP contribution in [0.2, 0.25) is 0 Å². The number of hydrogen-bond donors (Lipinski definition) is 2. The number of hydrogen-bond acceptors (Lipinski definition) is 3. The molecule has 1 amide bonds. The highest BCUT2D eigenvalue weighted by Gasteiger charge is 2.11. The first-order chi connectivity index (χ1) is 10.1. The van der Waals surface area contributed by atoms with Crippen molar-refractivity contribution < 1.29 is 9.53 Å². The summed E-state index contributed by atoms with van der Waals surface area (Å²) >= 11 is 0. The first-order valence-corrected chi connectivity index (χ1v) is 6.88. The Kier molecular flexibility index (Phi) is 4.82. The number of ether oxygens (including phenoxy) is 1. The second-order valence-electron chi connectivity index (χ2n) is 4.98. The second kappa shape index (κ2) is 6.79. The smallest absolute Gasteiger partial charge is 0.251 e. The van der Waals surface area contributed by atoms with Crippen molar-refractivity contribution in [3.8, 4) is 5.75 Å². The lowest BCUT2D eigenvalue weighted by atomic mass is 10.0. The maximum atomic E-state index is 12.2. The molecular weight excluding hydrogens is 264 g/mol. The molecule has 0 heterocycles. The number of carbonyl (C=O) groups is 1. The van der Waals surface area contributed by atoms with Gasteiger partial charge >= 0.3 is 0 Å². The molecule has 4 heteroatoms. The Hall–Kier alpha value is -2.49. The maximum absolute atomic E-state index is 12.2. The van der Waals surface area contributed by atoms with Crippen LogP contribution in [0.25, 0.3) is 0 Å². The summed E-state index contributed by atoms with van der Waals surface area (Å²) in [4.78, 5) is 12.2. The molecule has 2 rings (SSSR count). The number of methoxy groups -OCH3 is 1. The molecule has 0 fully saturated rings. The van der Waals surface area contributed by atoms with Crippen LogP contribution in [0.4, 0.5) is 5.69 Å². The lowest BCUT2D eigenvalue weighted by molar-refractivity contribution is 0.0951. The molecule has 0 aliphatic heterocycles. The third-order valence-electron chi connectivity index (χ3n) is 3.43. The summed E-state index contributed by atoms with van der Waals surface area (Å²) < 4.78 is 5.13. The van der Waals surface area contributed by atoms with Gasteiger partial charge in [-0.15, -0.1) is 0 Å². The minimum atomic E-state index is -0.129. The Morgan fingerprint density at radius 3 is 2.62 bits per heavy atom. The molecule has 0 bridgehead atoms. The molecule has 0 saturated heterocycles. The van der Waals surface area contributed by atoms with Crippen molar-refractivity contribution in [2.24, 2.45) is 0 Å². The van der Waals surface area contributed by atoms with Gasteiger partial charge in [0.1, 0.15) is 5.75 Å². The molecule has 110 valence electrons. The van der Waals surface area contributed by atoms with Gasteiger partial charge in [0.05, 0.1) is 12.8 Å². The number of benzene rings is 2. The molecular formula is C17H20N2O2. The van der Waals surface area contributed by atoms with Gasteiger partial charge in [0.2, 0.25) is 0 Å². The Balaban J connectivity index is 1.99. The van der Waals surface area contributed by atoms with Crippen molar-refractivity contribution >= 4 is 11.6 Å². The van der Waals surface area contributed by atoms with E-state index in [-0.39, 0.29) is 11.8 Å². The van der Waals surface area contributed by atoms with Crippen LogP contribution < -0.4 is 15.8 Å². The average molecular weight is 284 g/mol. The zero-order valence-corrected chi connectivity index (χ0v) is 12.3. The largest absolute Gasteiger partial charge is 0.495 e. The van der Waals surface area contributed by atoms with Gasteiger partial charge in [0.25, 0.3) is 5.91 Å². The molecule has 0 spiro atoms. The Labute approximate surface area is 124 Å². The van der Waals surface area contributed by atoms with Gasteiger partial charge < -0.3 is 15.8 Å². The van der Waals surface area contributed by atoms with Crippen molar-refractivity contribution in [1.82, 2.24) is 5.32 Å². The molecule has 0 aliphatic carbocycles. The second-order valence-corrected chi connectivity index (χ2v) is 4.98. The highest BCUT2D eigenvalue weighted by Crippen LogP contribution is 2.22. The van der Waals surface area contributed by atoms with E-state index in [0.29, 0.717) is 23.5 Å². The van der Waals surface area contributed by atoms with E-state index < -0.39 is 0 Å². The fourth-order valence-corrected chi connectivity index (χ4v) is 2.10. The molecule has 3 N–H and O–H groups in total. The van der Waals surface area contributed by atoms with Crippen LogP contribution in [0.5, 0.6) is 5.75 Å². The zero-order chi connectivity index (χ0) is 15.2. The Morgan fingerprint density at radius 2 is 1.95 bits per heavy atom. The van der Waals surface area contributed by atoms with Crippen LogP contribution in [0, 0.1) is 0 Å². The SMILES string of the molecule is COc1cc(C(=O)NCC(C)c2ccccc2)ccc1N. The third kappa shape index (κ3) is 3.75. The maximum Gasteiger partial charge on any atom is 0.251 e. The van der Waals surface area contributed by atoms with E-state index in [1.54, 1.807) is 18.2 Å². The van der Waals surface area contributed by atoms with Gasteiger partial charge in [-0.1, -0.05) is 37.3 Å². The summed E-state index contributed by atoms with van der Waals surface area (Å²) in [5.41, 5.74) is 8.01. The quantitative estimate of drug-likeness (QED) is 0.830. The summed E-state index contributed by atoms with van der Waals surface area (Å²) in [6.07, 6.45) is 0. The van der Waals surface area contributed by atoms with E-state index in [1.165, 1.54) is 12.7 Å². The van der Waals surface area contributed by atoms with Crippen molar-refractivity contribution in [2.45, 2.75) is 12.8 Å². The molecule has 2 aromatic carbocycles. The predicted molar refractivity (Wildman–Crippen MR) is 84.6 cm³/mol. The minimum absolute atomic E-state index is 0.129. The number of nitrogens with two attached hydrogens (primary N) is 1. The molecule has 0 aromatic heterocycles. The van der Waals surface area contributed by atoms with E-state index in [2.05, 4.69) is 24.4 Å². The fraction of sp³-hybridized carbons (Fsp3) is 0.235. The van der Waals surface area contributed by atoms with Crippen LogP contribution in [0.3, 0.4) is 0 Å². The molecule has 0 aliphatic rings. The number of carbonyl (C=O) groups excluding carboxylic acids is 1. The molecule has 0 radical (unpaired) electrons. The Morgan fingerprint density at radius 1 is 1.24 bits per heavy atom. The van der Waals surface area contributed by atoms with Gasteiger partial charge in [-0.05, 0) is 29.7 Å². The first-order valence-electron chi connectivity index (χ1n) is 6.88. The van der Waals surface area contributed by atoms with Crippen LogP contribution in [0.15, 0.2) is 48.5 Å². The summed E-state index contributed by atoms with van der Waals surface area (Å²) in [6, 6.07) is 15.1. The molecule has 0 saturated carbocycles. The van der Waals surface area contributed by atoms with Gasteiger partial charge in [-0.25, -0.2) is 0 Å². The standard InChI is InChI=1S/C17H20N2O2/c1-12(13-6-4-3-5-7-13)11-19-17(20)14-8-9-15(18)16(10-14)21-2/h3-10,12H,11,18H2,1-2H3,(H,19,20). The van der Waals surface area contributed by atoms with Crippen LogP contribution >= 0.6 is 0 Å². The number of nitrogens with one attached hydrogen (secondary N) is 1. The van der Waals surface area contributed by atoms with Crippen molar-refractivity contribution in [2.75, 3.05) is 19.4 Å². The minimum Gasteiger partial charge on any atom is -0.495 e. The van der Waals surface area contributed by atoms with E-state index in [9.17, 15) is 4.79 Å². The Bertz CT molecular complexity index is 611. The van der Waals surface area contributed by atoms with E-state index in [1.807, 2.05) is 18.2 Å². The zero-order valence-electron chi connectivity index (χ0n) is 12.3. The van der Waals surface area contributed by atoms with Gasteiger partial charge in [0.15, 0.2) is 0 Å². The summed E-state index contributed by atoms with van der Waals surface area (Å²) in [7, 11) is 1.53. The number of anilines is 1. The van der Waals surface area contributed by atoms with E-state index in [4.69, 9.17) is 10.5 Å². The first kappa shape index (κ1) is 14.9. The molecule has 21 heavy (non-hydrogen) atoms. The number of nitrogen functional groups attached to an aromatic ring is 1. The molecule has 4 nitrogen and oxygen atoms in total. The van der Waals surface area contributed by atoms with Gasteiger partial charge in [0, 0.05) is 12.1 Å². The van der Waals surface area contributed by atoms with Crippen LogP contribution in [-0.2, 0) is 0 Å². The lowest BCUT2D eigenvalue weighted by Gasteiger charge is -2.13. The van der Waals surface area contributed by atoms with E-state index >= 15 is 0 Å². The van der Waals surface area contributed by atoms with E-state index in [0.717, 1.165) is 0 Å². The van der Waals surface area contributed by atoms with Crippen LogP contribution in [0.1, 0.15) is 28.8 Å². The fourth-order valence-electron chi connectivity index (χ4n) is 2.10. The van der Waals surface area contributed by atoms with Gasteiger partial charge in [-0.2, -0.15) is 0 Å². The number of amides is 1. The molecule has 1 unspecified atom stereocenters. The lowest BCUT2D eigenvalue weighted by Crippen LogP contribution is -2.27.